The molecule has 2 radical (unpaired) electrons. The minimum Gasteiger partial charge on any atom is -0.387 e. The van der Waals surface area contributed by atoms with Gasteiger partial charge < -0.3 is 20.9 Å². The van der Waals surface area contributed by atoms with Crippen molar-refractivity contribution in [2.75, 3.05) is 0 Å². The van der Waals surface area contributed by atoms with E-state index in [-0.39, 0.29) is 31.1 Å². The molecule has 158 valence electrons. The fourth-order valence-corrected chi connectivity index (χ4v) is 1.80. The van der Waals surface area contributed by atoms with Crippen molar-refractivity contribution in [3.63, 3.8) is 0 Å². The molecule has 0 aliphatic carbocycles. The molecule has 0 fully saturated rings. The van der Waals surface area contributed by atoms with Crippen LogP contribution in [0, 0.1) is 42.6 Å². The van der Waals surface area contributed by atoms with E-state index in [9.17, 15) is 0 Å². The molecular formula is C22H30BN4O2U-. The zero-order valence-corrected chi connectivity index (χ0v) is 22.4. The van der Waals surface area contributed by atoms with Crippen molar-refractivity contribution < 1.29 is 41.3 Å². The van der Waals surface area contributed by atoms with Crippen molar-refractivity contribution in [3.8, 4) is 11.4 Å². The number of benzene rings is 1. The summed E-state index contributed by atoms with van der Waals surface area (Å²) in [7, 11) is 5.60. The normalized spacial score (nSPS) is 11.3. The minimum absolute atomic E-state index is 0. The zero-order chi connectivity index (χ0) is 22.1. The van der Waals surface area contributed by atoms with E-state index >= 15 is 0 Å². The molecule has 0 saturated carbocycles. The summed E-state index contributed by atoms with van der Waals surface area (Å²) in [6.45, 7) is 8.98. The van der Waals surface area contributed by atoms with Crippen LogP contribution < -0.4 is 10.8 Å². The first-order valence-corrected chi connectivity index (χ1v) is 9.30. The minimum atomic E-state index is -1.01. The van der Waals surface area contributed by atoms with Crippen molar-refractivity contribution in [2.45, 2.75) is 52.4 Å². The number of hydrogen-bond donors (Lipinski definition) is 4. The maximum Gasteiger partial charge on any atom is 0.159 e. The first-order valence-electron chi connectivity index (χ1n) is 9.30. The third kappa shape index (κ3) is 10.6. The number of allylic oxidation sites excluding steroid dienone is 1. The molecule has 0 saturated heterocycles. The van der Waals surface area contributed by atoms with E-state index < -0.39 is 11.2 Å². The van der Waals surface area contributed by atoms with Gasteiger partial charge in [-0.05, 0) is 39.3 Å². The fourth-order valence-electron chi connectivity index (χ4n) is 1.80. The fraction of sp³-hybridized carbons (Fsp3) is 0.364. The Morgan fingerprint density at radius 3 is 2.20 bits per heavy atom. The van der Waals surface area contributed by atoms with Gasteiger partial charge in [0, 0.05) is 55.6 Å². The third-order valence-corrected chi connectivity index (χ3v) is 4.37. The van der Waals surface area contributed by atoms with Crippen molar-refractivity contribution in [1.82, 2.24) is 15.3 Å². The van der Waals surface area contributed by atoms with Gasteiger partial charge in [-0.15, -0.1) is 0 Å². The van der Waals surface area contributed by atoms with Gasteiger partial charge in [0.25, 0.3) is 0 Å². The van der Waals surface area contributed by atoms with Gasteiger partial charge in [-0.25, -0.2) is 16.0 Å². The van der Waals surface area contributed by atoms with E-state index in [0.29, 0.717) is 17.8 Å². The van der Waals surface area contributed by atoms with Crippen LogP contribution in [0.15, 0.2) is 48.8 Å². The largest absolute Gasteiger partial charge is 0.387 e. The summed E-state index contributed by atoms with van der Waals surface area (Å²) in [5, 5.41) is 28.5. The van der Waals surface area contributed by atoms with E-state index in [2.05, 4.69) is 15.3 Å². The number of nitrogens with zero attached hydrogens (tertiary/aromatic N) is 2. The molecule has 30 heavy (non-hydrogen) atoms. The molecule has 4 N–H and O–H groups in total. The Morgan fingerprint density at radius 2 is 1.70 bits per heavy atom. The van der Waals surface area contributed by atoms with E-state index in [0.717, 1.165) is 17.2 Å². The van der Waals surface area contributed by atoms with Gasteiger partial charge in [0.1, 0.15) is 7.85 Å². The Morgan fingerprint density at radius 1 is 1.13 bits per heavy atom. The van der Waals surface area contributed by atoms with Crippen LogP contribution in [0.25, 0.3) is 11.4 Å². The average Bonchev–Trinajstić information content (AvgIpc) is 2.64. The average molecular weight is 631 g/mol. The standard InChI is InChI=1S/C16H16BN4.C6H14O2.U/c1-12(4-3-7-18)19-9-13-5-2-6-14(8-13)16-20-10-15(17)11-21-16;1-5(2,7)6(3,4)8;/h2-8,10-11,18-19H,9H2,1H3;7-8H,1-4H3;/q-1;;/b4-3-,18-7?;;. The van der Waals surface area contributed by atoms with Gasteiger partial charge in [0.15, 0.2) is 5.82 Å². The molecule has 1 aromatic heterocycles. The molecule has 0 amide bonds. The molecule has 8 heteroatoms. The topological polar surface area (TPSA) is 102 Å². The second-order valence-corrected chi connectivity index (χ2v) is 7.72. The van der Waals surface area contributed by atoms with Gasteiger partial charge >= 0.3 is 0 Å². The molecule has 6 nitrogen and oxygen atoms in total. The first-order chi connectivity index (χ1) is 13.4. The smallest absolute Gasteiger partial charge is 0.159 e. The number of aromatic nitrogens is 2. The predicted molar refractivity (Wildman–Crippen MR) is 119 cm³/mol. The maximum atomic E-state index is 9.10. The van der Waals surface area contributed by atoms with Crippen LogP contribution in [-0.4, -0.2) is 45.4 Å². The molecule has 0 aliphatic heterocycles. The number of rotatable bonds is 7. The van der Waals surface area contributed by atoms with Gasteiger partial charge in [-0.3, -0.25) is 0 Å². The monoisotopic (exact) mass is 631 g/mol. The number of nitrogens with one attached hydrogen (secondary N) is 2. The van der Waals surface area contributed by atoms with Crippen LogP contribution in [0.1, 0.15) is 40.2 Å². The molecule has 0 atom stereocenters. The molecule has 0 spiro atoms. The number of aliphatic hydroxyl groups is 2. The molecule has 2 aromatic rings. The van der Waals surface area contributed by atoms with Crippen molar-refractivity contribution in [1.29, 1.82) is 5.41 Å². The third-order valence-electron chi connectivity index (χ3n) is 4.37. The summed E-state index contributed by atoms with van der Waals surface area (Å²) in [5.74, 6) is 0.662. The second-order valence-electron chi connectivity index (χ2n) is 7.72. The molecule has 1 aromatic carbocycles. The van der Waals surface area contributed by atoms with Crippen LogP contribution >= 0.6 is 0 Å². The zero-order valence-electron chi connectivity index (χ0n) is 18.3. The SMILES string of the molecule is CC(C)(O)C(C)(C)O.[B]c1cnc(-c2cccc(CN[C-](C)/C=C\C=N)c2)nc1.[U]. The van der Waals surface area contributed by atoms with Gasteiger partial charge in [-0.2, -0.15) is 12.1 Å². The van der Waals surface area contributed by atoms with Crippen LogP contribution in [0.3, 0.4) is 0 Å². The Balaban J connectivity index is 0.000000801. The Bertz CT molecular complexity index is 788. The van der Waals surface area contributed by atoms with Crippen LogP contribution in [0.5, 0.6) is 0 Å². The number of hydrogen-bond acceptors (Lipinski definition) is 6. The molecule has 0 aliphatic rings. The predicted octanol–water partition coefficient (Wildman–Crippen LogP) is 2.31. The van der Waals surface area contributed by atoms with Gasteiger partial charge in [-0.1, -0.05) is 36.8 Å². The molecule has 0 bridgehead atoms. The van der Waals surface area contributed by atoms with Gasteiger partial charge in [0.05, 0.1) is 11.2 Å². The van der Waals surface area contributed by atoms with Crippen molar-refractivity contribution in [3.05, 3.63) is 60.4 Å². The Hall–Kier alpha value is -1.42. The molecular weight excluding hydrogens is 601 g/mol. The van der Waals surface area contributed by atoms with E-state index in [1.807, 2.05) is 37.3 Å². The molecule has 2 rings (SSSR count). The summed E-state index contributed by atoms with van der Waals surface area (Å²) >= 11 is 0. The summed E-state index contributed by atoms with van der Waals surface area (Å²) in [6, 6.07) is 9.05. The van der Waals surface area contributed by atoms with Crippen LogP contribution in [-0.2, 0) is 6.54 Å². The van der Waals surface area contributed by atoms with Crippen LogP contribution in [0.4, 0.5) is 0 Å². The summed E-state index contributed by atoms with van der Waals surface area (Å²) in [5.41, 5.74) is 0.636. The van der Waals surface area contributed by atoms with E-state index in [1.54, 1.807) is 46.2 Å². The quantitative estimate of drug-likeness (QED) is 0.214. The van der Waals surface area contributed by atoms with Crippen molar-refractivity contribution in [2.24, 2.45) is 0 Å². The first kappa shape index (κ1) is 28.6. The molecule has 0 unspecified atom stereocenters. The van der Waals surface area contributed by atoms with Gasteiger partial charge in [0.2, 0.25) is 0 Å². The summed E-state index contributed by atoms with van der Waals surface area (Å²) in [4.78, 5) is 8.46. The maximum absolute atomic E-state index is 9.10. The second kappa shape index (κ2) is 13.1. The Kier molecular flexibility index (Phi) is 12.5. The van der Waals surface area contributed by atoms with E-state index in [4.69, 9.17) is 23.5 Å². The molecule has 1 heterocycles. The summed E-state index contributed by atoms with van der Waals surface area (Å²) in [6.07, 6.45) is 8.01. The van der Waals surface area contributed by atoms with E-state index in [1.165, 1.54) is 6.21 Å². The Labute approximate surface area is 204 Å². The van der Waals surface area contributed by atoms with Crippen LogP contribution in [0.2, 0.25) is 0 Å². The summed E-state index contributed by atoms with van der Waals surface area (Å²) < 4.78 is 0. The van der Waals surface area contributed by atoms with Crippen molar-refractivity contribution >= 4 is 19.5 Å².